The van der Waals surface area contributed by atoms with Crippen LogP contribution in [0.4, 0.5) is 5.69 Å². The minimum absolute atomic E-state index is 0.0838. The second-order valence-electron chi connectivity index (χ2n) is 12.7. The van der Waals surface area contributed by atoms with Gasteiger partial charge in [0.15, 0.2) is 5.69 Å². The van der Waals surface area contributed by atoms with Crippen molar-refractivity contribution in [2.45, 2.75) is 78.3 Å². The van der Waals surface area contributed by atoms with E-state index in [9.17, 15) is 14.9 Å². The van der Waals surface area contributed by atoms with E-state index in [1.165, 1.54) is 0 Å². The molecule has 0 radical (unpaired) electrons. The maximum absolute atomic E-state index is 14.2. The Morgan fingerprint density at radius 3 is 1.70 bits per heavy atom. The quantitative estimate of drug-likeness (QED) is 0.0731. The maximum atomic E-state index is 14.2. The van der Waals surface area contributed by atoms with E-state index in [0.717, 1.165) is 82.0 Å². The molecule has 8 heteroatoms. The summed E-state index contributed by atoms with van der Waals surface area (Å²) in [5.74, 6) is -0.393. The van der Waals surface area contributed by atoms with Crippen LogP contribution in [0.3, 0.4) is 0 Å². The van der Waals surface area contributed by atoms with Gasteiger partial charge in [0, 0.05) is 50.5 Å². The molecule has 0 saturated carbocycles. The van der Waals surface area contributed by atoms with Gasteiger partial charge >= 0.3 is 0 Å². The molecule has 0 bridgehead atoms. The molecule has 0 aliphatic carbocycles. The number of rotatable bonds is 8. The van der Waals surface area contributed by atoms with E-state index >= 15 is 0 Å². The molecule has 6 nitrogen and oxygen atoms in total. The zero-order valence-corrected chi connectivity index (χ0v) is 27.9. The lowest BCUT2D eigenvalue weighted by Crippen LogP contribution is -2.45. The molecule has 5 aromatic rings. The number of thiocarbonyl (C=S) groups is 2. The first-order chi connectivity index (χ1) is 22.2. The predicted molar refractivity (Wildman–Crippen MR) is 192 cm³/mol. The first-order valence-electron chi connectivity index (χ1n) is 16.0. The fraction of sp³-hybridized carbons (Fsp3) is 0.316. The van der Waals surface area contributed by atoms with Gasteiger partial charge < -0.3 is 0 Å². The topological polar surface area (TPSA) is 68.8 Å². The van der Waals surface area contributed by atoms with E-state index in [1.54, 1.807) is 21.9 Å². The Morgan fingerprint density at radius 1 is 0.739 bits per heavy atom. The van der Waals surface area contributed by atoms with E-state index < -0.39 is 0 Å². The highest BCUT2D eigenvalue weighted by atomic mass is 32.1. The number of hydrogen-bond donors (Lipinski definition) is 0. The van der Waals surface area contributed by atoms with Crippen molar-refractivity contribution in [3.05, 3.63) is 75.6 Å². The molecule has 2 heterocycles. The number of amides is 2. The second kappa shape index (κ2) is 11.1. The van der Waals surface area contributed by atoms with E-state index in [0.29, 0.717) is 43.1 Å². The van der Waals surface area contributed by atoms with Crippen molar-refractivity contribution in [1.82, 2.24) is 9.80 Å². The summed E-state index contributed by atoms with van der Waals surface area (Å²) in [6, 6.07) is 13.5. The highest BCUT2D eigenvalue weighted by Crippen LogP contribution is 2.50. The highest BCUT2D eigenvalue weighted by molar-refractivity contribution is 7.81. The fourth-order valence-electron chi connectivity index (χ4n) is 7.72. The largest absolute Gasteiger partial charge is 0.296 e. The van der Waals surface area contributed by atoms with Gasteiger partial charge in [0.05, 0.1) is 18.2 Å². The average molecular weight is 641 g/mol. The smallest absolute Gasteiger partial charge is 0.259 e. The minimum atomic E-state index is -0.198. The van der Waals surface area contributed by atoms with Crippen molar-refractivity contribution in [2.75, 3.05) is 0 Å². The van der Waals surface area contributed by atoms with Gasteiger partial charge in [-0.1, -0.05) is 88.2 Å². The summed E-state index contributed by atoms with van der Waals surface area (Å²) < 4.78 is 0. The molecule has 228 valence electrons. The van der Waals surface area contributed by atoms with Crippen LogP contribution >= 0.6 is 24.4 Å². The summed E-state index contributed by atoms with van der Waals surface area (Å²) in [4.78, 5) is 36.7. The Kier molecular flexibility index (Phi) is 7.27. The van der Waals surface area contributed by atoms with Gasteiger partial charge in [0.25, 0.3) is 11.8 Å². The Balaban J connectivity index is 1.59. The van der Waals surface area contributed by atoms with Gasteiger partial charge in [-0.15, -0.1) is 0 Å². The molecule has 5 aromatic carbocycles. The molecule has 2 atom stereocenters. The highest BCUT2D eigenvalue weighted by Gasteiger charge is 2.38. The fourth-order valence-corrected chi connectivity index (χ4v) is 8.58. The molecule has 46 heavy (non-hydrogen) atoms. The van der Waals surface area contributed by atoms with Crippen LogP contribution in [0.25, 0.3) is 47.9 Å². The lowest BCUT2D eigenvalue weighted by Gasteiger charge is -2.36. The standard InChI is InChI=1S/C38H32N4O2S2/c1-6-8-10-19(3)41-35(43)26-16-21(18-39)29-22-12-14-25-31-27(36(44)42(38(25)46)20(4)11-9-7-2)17-28(40-5)32(34(22)31)23-13-15-24(37(41)45)30(26)33(23)29/h12-17,19-20H,6-11H2,1-4H3/t19-,20-/m0/s1. The maximum Gasteiger partial charge on any atom is 0.259 e. The van der Waals surface area contributed by atoms with E-state index in [1.807, 2.05) is 38.1 Å². The molecule has 2 amide bonds. The van der Waals surface area contributed by atoms with Crippen molar-refractivity contribution in [2.24, 2.45) is 0 Å². The number of hydrogen-bond acceptors (Lipinski definition) is 5. The first kappa shape index (κ1) is 30.2. The summed E-state index contributed by atoms with van der Waals surface area (Å²) in [7, 11) is 0. The molecule has 0 fully saturated rings. The van der Waals surface area contributed by atoms with Gasteiger partial charge in [-0.3, -0.25) is 19.4 Å². The molecule has 0 aromatic heterocycles. The summed E-state index contributed by atoms with van der Waals surface area (Å²) in [6.45, 7) is 16.5. The van der Waals surface area contributed by atoms with Crippen molar-refractivity contribution >= 4 is 95.0 Å². The third kappa shape index (κ3) is 3.97. The Hall–Kier alpha value is -4.50. The lowest BCUT2D eigenvalue weighted by molar-refractivity contribution is 0.0799. The van der Waals surface area contributed by atoms with Crippen LogP contribution in [0.15, 0.2) is 36.4 Å². The number of nitrogens with zero attached hydrogens (tertiary/aromatic N) is 4. The number of carbonyl (C=O) groups excluding carboxylic acids is 2. The zero-order chi connectivity index (χ0) is 32.6. The van der Waals surface area contributed by atoms with Crippen LogP contribution in [0.1, 0.15) is 104 Å². The van der Waals surface area contributed by atoms with Crippen molar-refractivity contribution in [3.63, 3.8) is 0 Å². The molecular formula is C38H32N4O2S2. The molecule has 0 saturated heterocycles. The lowest BCUT2D eigenvalue weighted by atomic mass is 9.80. The third-order valence-corrected chi connectivity index (χ3v) is 10.8. The van der Waals surface area contributed by atoms with Crippen molar-refractivity contribution in [3.8, 4) is 6.07 Å². The van der Waals surface area contributed by atoms with Crippen LogP contribution in [0, 0.1) is 17.9 Å². The molecule has 0 spiro atoms. The average Bonchev–Trinajstić information content (AvgIpc) is 3.06. The van der Waals surface area contributed by atoms with Gasteiger partial charge in [-0.2, -0.15) is 5.26 Å². The van der Waals surface area contributed by atoms with Crippen LogP contribution in [-0.2, 0) is 0 Å². The Labute approximate surface area is 278 Å². The van der Waals surface area contributed by atoms with Gasteiger partial charge in [0.2, 0.25) is 0 Å². The van der Waals surface area contributed by atoms with E-state index in [-0.39, 0.29) is 23.9 Å². The van der Waals surface area contributed by atoms with Crippen molar-refractivity contribution in [1.29, 1.82) is 5.26 Å². The summed E-state index contributed by atoms with van der Waals surface area (Å²) >= 11 is 12.0. The van der Waals surface area contributed by atoms with Gasteiger partial charge in [-0.05, 0) is 65.8 Å². The Bertz CT molecular complexity index is 2130. The number of benzene rings is 5. The summed E-state index contributed by atoms with van der Waals surface area (Å²) in [5, 5.41) is 16.4. The minimum Gasteiger partial charge on any atom is -0.296 e. The summed E-state index contributed by atoms with van der Waals surface area (Å²) in [6.07, 6.45) is 5.63. The molecule has 0 N–H and O–H groups in total. The summed E-state index contributed by atoms with van der Waals surface area (Å²) in [5.41, 5.74) is 3.20. The molecular weight excluding hydrogens is 609 g/mol. The van der Waals surface area contributed by atoms with Gasteiger partial charge in [0.1, 0.15) is 9.98 Å². The number of unbranched alkanes of at least 4 members (excludes halogenated alkanes) is 2. The number of carbonyl (C=O) groups is 2. The van der Waals surface area contributed by atoms with Crippen LogP contribution < -0.4 is 0 Å². The van der Waals surface area contributed by atoms with E-state index in [4.69, 9.17) is 31.0 Å². The Morgan fingerprint density at radius 2 is 1.22 bits per heavy atom. The molecule has 0 unspecified atom stereocenters. The molecule has 2 aliphatic heterocycles. The monoisotopic (exact) mass is 640 g/mol. The first-order valence-corrected chi connectivity index (χ1v) is 16.8. The van der Waals surface area contributed by atoms with E-state index in [2.05, 4.69) is 24.8 Å². The second-order valence-corrected chi connectivity index (χ2v) is 13.4. The zero-order valence-electron chi connectivity index (χ0n) is 26.3. The number of nitriles is 1. The molecule has 2 aliphatic rings. The van der Waals surface area contributed by atoms with Gasteiger partial charge in [-0.25, -0.2) is 4.85 Å². The SMILES string of the molecule is [C-]#[N+]c1cc2c3c(ccc4c5c(C#N)cc6c7c(ccc(c1c34)c75)C(=S)N([C@@H](C)CCCC)C6=O)C(=S)N([C@@H](C)CCCC)C2=O. The predicted octanol–water partition coefficient (Wildman–Crippen LogP) is 9.58. The normalized spacial score (nSPS) is 15.8. The van der Waals surface area contributed by atoms with Crippen LogP contribution in [-0.4, -0.2) is 43.7 Å². The number of fused-ring (bicyclic) bond motifs is 2. The van der Waals surface area contributed by atoms with Crippen LogP contribution in [0.2, 0.25) is 0 Å². The third-order valence-electron chi connectivity index (χ3n) is 9.95. The van der Waals surface area contributed by atoms with Crippen LogP contribution in [0.5, 0.6) is 0 Å². The van der Waals surface area contributed by atoms with Crippen molar-refractivity contribution < 1.29 is 9.59 Å². The molecule has 7 rings (SSSR count).